The Hall–Kier alpha value is -1.11. The molecule has 0 amide bonds. The molecular formula is C15H22O. The van der Waals surface area contributed by atoms with E-state index in [1.165, 1.54) is 25.7 Å². The van der Waals surface area contributed by atoms with Gasteiger partial charge >= 0.3 is 0 Å². The van der Waals surface area contributed by atoms with Crippen LogP contribution in [0.5, 0.6) is 0 Å². The molecule has 0 N–H and O–H groups in total. The van der Waals surface area contributed by atoms with Crippen LogP contribution < -0.4 is 0 Å². The average molecular weight is 218 g/mol. The summed E-state index contributed by atoms with van der Waals surface area (Å²) in [6.45, 7) is 4.38. The topological polar surface area (TPSA) is 17.1 Å². The smallest absolute Gasteiger partial charge is 0.163 e. The van der Waals surface area contributed by atoms with E-state index in [-0.39, 0.29) is 0 Å². The lowest BCUT2D eigenvalue weighted by atomic mass is 9.91. The molecule has 1 nitrogen and oxygen atoms in total. The fraction of sp³-hybridized carbons (Fsp3) is 0.533. The molecule has 1 aromatic carbocycles. The van der Waals surface area contributed by atoms with E-state index in [4.69, 9.17) is 0 Å². The number of hydrogen-bond donors (Lipinski definition) is 0. The van der Waals surface area contributed by atoms with Crippen molar-refractivity contribution < 1.29 is 4.79 Å². The predicted molar refractivity (Wildman–Crippen MR) is 68.7 cm³/mol. The Bertz CT molecular complexity index is 296. The Balaban J connectivity index is 2.54. The summed E-state index contributed by atoms with van der Waals surface area (Å²) >= 11 is 0. The first-order chi connectivity index (χ1) is 7.77. The van der Waals surface area contributed by atoms with Crippen LogP contribution in [-0.4, -0.2) is 5.78 Å². The Labute approximate surface area is 98.9 Å². The minimum absolute atomic E-state index is 0.299. The van der Waals surface area contributed by atoms with Gasteiger partial charge in [-0.05, 0) is 5.92 Å². The van der Waals surface area contributed by atoms with Gasteiger partial charge in [0.1, 0.15) is 0 Å². The third kappa shape index (κ3) is 4.18. The molecule has 1 heteroatoms. The Morgan fingerprint density at radius 2 is 1.62 bits per heavy atom. The van der Waals surface area contributed by atoms with E-state index in [2.05, 4.69) is 13.8 Å². The van der Waals surface area contributed by atoms with Gasteiger partial charge in [-0.15, -0.1) is 0 Å². The van der Waals surface area contributed by atoms with Crippen molar-refractivity contribution in [3.05, 3.63) is 35.9 Å². The number of benzene rings is 1. The summed E-state index contributed by atoms with van der Waals surface area (Å²) in [7, 11) is 0. The first-order valence-electron chi connectivity index (χ1n) is 6.36. The lowest BCUT2D eigenvalue weighted by Crippen LogP contribution is -2.08. The standard InChI is InChI=1S/C15H22O/c1-3-8-13(9-4-2)12-15(16)14-10-6-5-7-11-14/h5-7,10-11,13H,3-4,8-9,12H2,1-2H3. The van der Waals surface area contributed by atoms with Crippen LogP contribution in [0.4, 0.5) is 0 Å². The van der Waals surface area contributed by atoms with Crippen molar-refractivity contribution in [2.24, 2.45) is 5.92 Å². The van der Waals surface area contributed by atoms with E-state index in [9.17, 15) is 4.79 Å². The number of carbonyl (C=O) groups is 1. The maximum atomic E-state index is 12.0. The number of carbonyl (C=O) groups excluding carboxylic acids is 1. The van der Waals surface area contributed by atoms with Crippen molar-refractivity contribution in [3.8, 4) is 0 Å². The van der Waals surface area contributed by atoms with Crippen LogP contribution in [0.15, 0.2) is 30.3 Å². The van der Waals surface area contributed by atoms with E-state index in [0.717, 1.165) is 5.56 Å². The summed E-state index contributed by atoms with van der Waals surface area (Å²) in [5, 5.41) is 0. The molecule has 0 radical (unpaired) electrons. The van der Waals surface area contributed by atoms with E-state index in [1.54, 1.807) is 0 Å². The van der Waals surface area contributed by atoms with E-state index < -0.39 is 0 Å². The molecule has 0 aliphatic carbocycles. The van der Waals surface area contributed by atoms with Crippen molar-refractivity contribution in [2.75, 3.05) is 0 Å². The van der Waals surface area contributed by atoms with Crippen LogP contribution in [0, 0.1) is 5.92 Å². The maximum absolute atomic E-state index is 12.0. The molecule has 0 aliphatic heterocycles. The van der Waals surface area contributed by atoms with Gasteiger partial charge in [0.15, 0.2) is 5.78 Å². The Morgan fingerprint density at radius 1 is 1.06 bits per heavy atom. The average Bonchev–Trinajstić information content (AvgIpc) is 2.31. The lowest BCUT2D eigenvalue weighted by Gasteiger charge is -2.13. The van der Waals surface area contributed by atoms with Gasteiger partial charge in [0.05, 0.1) is 0 Å². The summed E-state index contributed by atoms with van der Waals surface area (Å²) in [6, 6.07) is 9.64. The van der Waals surface area contributed by atoms with Crippen LogP contribution in [0.2, 0.25) is 0 Å². The molecule has 16 heavy (non-hydrogen) atoms. The fourth-order valence-electron chi connectivity index (χ4n) is 2.17. The second-order valence-electron chi connectivity index (χ2n) is 4.44. The largest absolute Gasteiger partial charge is 0.294 e. The molecular weight excluding hydrogens is 196 g/mol. The molecule has 0 spiro atoms. The van der Waals surface area contributed by atoms with Gasteiger partial charge in [-0.25, -0.2) is 0 Å². The number of Topliss-reactive ketones (excluding diaryl/α,β-unsaturated/α-hetero) is 1. The highest BCUT2D eigenvalue weighted by molar-refractivity contribution is 5.96. The highest BCUT2D eigenvalue weighted by atomic mass is 16.1. The van der Waals surface area contributed by atoms with Gasteiger partial charge in [0.2, 0.25) is 0 Å². The van der Waals surface area contributed by atoms with E-state index >= 15 is 0 Å². The molecule has 0 heterocycles. The molecule has 0 saturated heterocycles. The number of hydrogen-bond acceptors (Lipinski definition) is 1. The third-order valence-corrected chi connectivity index (χ3v) is 2.96. The van der Waals surface area contributed by atoms with E-state index in [0.29, 0.717) is 18.1 Å². The van der Waals surface area contributed by atoms with E-state index in [1.807, 2.05) is 30.3 Å². The van der Waals surface area contributed by atoms with Gasteiger partial charge in [0.25, 0.3) is 0 Å². The zero-order valence-corrected chi connectivity index (χ0v) is 10.4. The maximum Gasteiger partial charge on any atom is 0.163 e. The van der Waals surface area contributed by atoms with Crippen LogP contribution in [0.1, 0.15) is 56.3 Å². The lowest BCUT2D eigenvalue weighted by molar-refractivity contribution is 0.0956. The highest BCUT2D eigenvalue weighted by Crippen LogP contribution is 2.20. The molecule has 1 rings (SSSR count). The van der Waals surface area contributed by atoms with Gasteiger partial charge in [-0.3, -0.25) is 4.79 Å². The molecule has 0 fully saturated rings. The van der Waals surface area contributed by atoms with Gasteiger partial charge in [-0.2, -0.15) is 0 Å². The third-order valence-electron chi connectivity index (χ3n) is 2.96. The second kappa shape index (κ2) is 7.21. The molecule has 1 aromatic rings. The summed E-state index contributed by atoms with van der Waals surface area (Å²) in [5.74, 6) is 0.871. The van der Waals surface area contributed by atoms with Crippen LogP contribution in [-0.2, 0) is 0 Å². The van der Waals surface area contributed by atoms with Gasteiger partial charge in [-0.1, -0.05) is 69.9 Å². The molecule has 0 aliphatic rings. The molecule has 0 unspecified atom stereocenters. The first kappa shape index (κ1) is 13.0. The zero-order chi connectivity index (χ0) is 11.8. The highest BCUT2D eigenvalue weighted by Gasteiger charge is 2.13. The number of ketones is 1. The minimum Gasteiger partial charge on any atom is -0.294 e. The van der Waals surface area contributed by atoms with Crippen molar-refractivity contribution in [1.29, 1.82) is 0 Å². The second-order valence-corrected chi connectivity index (χ2v) is 4.44. The van der Waals surface area contributed by atoms with Gasteiger partial charge in [0, 0.05) is 12.0 Å². The quantitative estimate of drug-likeness (QED) is 0.617. The Morgan fingerprint density at radius 3 is 2.12 bits per heavy atom. The zero-order valence-electron chi connectivity index (χ0n) is 10.4. The molecule has 88 valence electrons. The van der Waals surface area contributed by atoms with Crippen LogP contribution >= 0.6 is 0 Å². The molecule has 0 aromatic heterocycles. The first-order valence-corrected chi connectivity index (χ1v) is 6.36. The SMILES string of the molecule is CCCC(CCC)CC(=O)c1ccccc1. The van der Waals surface area contributed by atoms with Crippen LogP contribution in [0.25, 0.3) is 0 Å². The minimum atomic E-state index is 0.299. The molecule has 0 atom stereocenters. The van der Waals surface area contributed by atoms with Crippen molar-refractivity contribution in [3.63, 3.8) is 0 Å². The fourth-order valence-corrected chi connectivity index (χ4v) is 2.17. The Kier molecular flexibility index (Phi) is 5.84. The van der Waals surface area contributed by atoms with Crippen LogP contribution in [0.3, 0.4) is 0 Å². The van der Waals surface area contributed by atoms with Gasteiger partial charge < -0.3 is 0 Å². The molecule has 0 saturated carbocycles. The predicted octanol–water partition coefficient (Wildman–Crippen LogP) is 4.48. The van der Waals surface area contributed by atoms with Crippen molar-refractivity contribution >= 4 is 5.78 Å². The molecule has 0 bridgehead atoms. The normalized spacial score (nSPS) is 10.7. The summed E-state index contributed by atoms with van der Waals surface area (Å²) in [5.41, 5.74) is 0.861. The number of rotatable bonds is 7. The summed E-state index contributed by atoms with van der Waals surface area (Å²) < 4.78 is 0. The van der Waals surface area contributed by atoms with Crippen molar-refractivity contribution in [1.82, 2.24) is 0 Å². The summed E-state index contributed by atoms with van der Waals surface area (Å²) in [6.07, 6.45) is 5.41. The monoisotopic (exact) mass is 218 g/mol. The van der Waals surface area contributed by atoms with Crippen molar-refractivity contribution in [2.45, 2.75) is 46.0 Å². The summed E-state index contributed by atoms with van der Waals surface area (Å²) in [4.78, 5) is 12.0.